The summed E-state index contributed by atoms with van der Waals surface area (Å²) in [6, 6.07) is 14.7. The van der Waals surface area contributed by atoms with E-state index in [1.54, 1.807) is 11.8 Å². The van der Waals surface area contributed by atoms with Crippen LogP contribution in [0.4, 0.5) is 16.2 Å². The number of carbonyl (C=O) groups is 2. The number of rotatable bonds is 8. The van der Waals surface area contributed by atoms with E-state index >= 15 is 0 Å². The average molecular weight is 471 g/mol. The Bertz CT molecular complexity index is 928. The van der Waals surface area contributed by atoms with E-state index in [0.29, 0.717) is 38.5 Å². The molecular weight excluding hydrogens is 436 g/mol. The Kier molecular flexibility index (Phi) is 8.88. The summed E-state index contributed by atoms with van der Waals surface area (Å²) in [4.78, 5) is 31.1. The molecule has 3 rings (SSSR count). The van der Waals surface area contributed by atoms with E-state index in [1.165, 1.54) is 0 Å². The highest BCUT2D eigenvalue weighted by atomic mass is 32.2. The topological polar surface area (TPSA) is 73.9 Å². The van der Waals surface area contributed by atoms with Gasteiger partial charge in [0.1, 0.15) is 11.8 Å². The second-order valence-electron chi connectivity index (χ2n) is 8.26. The Morgan fingerprint density at radius 2 is 1.70 bits per heavy atom. The van der Waals surface area contributed by atoms with Gasteiger partial charge < -0.3 is 25.2 Å². The number of nitrogens with zero attached hydrogens (tertiary/aromatic N) is 2. The number of hydrogen-bond acceptors (Lipinski definition) is 5. The number of para-hydroxylation sites is 2. The fourth-order valence-electron chi connectivity index (χ4n) is 3.86. The number of nitrogens with one attached hydrogen (secondary N) is 2. The number of urea groups is 1. The molecule has 1 saturated heterocycles. The fourth-order valence-corrected chi connectivity index (χ4v) is 4.26. The van der Waals surface area contributed by atoms with Gasteiger partial charge in [0.25, 0.3) is 0 Å². The first-order valence-electron chi connectivity index (χ1n) is 11.4. The fraction of sp³-hybridized carbons (Fsp3) is 0.440. The lowest BCUT2D eigenvalue weighted by atomic mass is 10.0. The highest BCUT2D eigenvalue weighted by molar-refractivity contribution is 7.98. The van der Waals surface area contributed by atoms with Gasteiger partial charge in [-0.1, -0.05) is 26.0 Å². The van der Waals surface area contributed by atoms with Crippen LogP contribution in [0.5, 0.6) is 5.75 Å². The van der Waals surface area contributed by atoms with Crippen molar-refractivity contribution in [3.63, 3.8) is 0 Å². The highest BCUT2D eigenvalue weighted by Crippen LogP contribution is 2.29. The van der Waals surface area contributed by atoms with Crippen molar-refractivity contribution in [2.45, 2.75) is 31.7 Å². The molecule has 7 nitrogen and oxygen atoms in total. The number of piperazine rings is 1. The lowest BCUT2D eigenvalue weighted by Gasteiger charge is -2.38. The third kappa shape index (κ3) is 6.57. The van der Waals surface area contributed by atoms with Gasteiger partial charge in [-0.3, -0.25) is 4.79 Å². The summed E-state index contributed by atoms with van der Waals surface area (Å²) < 4.78 is 5.76. The Balaban J connectivity index is 1.58. The van der Waals surface area contributed by atoms with Crippen LogP contribution in [-0.4, -0.2) is 61.9 Å². The Morgan fingerprint density at radius 3 is 2.30 bits per heavy atom. The van der Waals surface area contributed by atoms with Crippen LogP contribution in [0, 0.1) is 5.92 Å². The molecule has 3 amide bonds. The quantitative estimate of drug-likeness (QED) is 0.563. The SMILES string of the molecule is CCOc1ccccc1N1CCN(C(=O)C(NC(=O)Nc2ccc(SC)cc2)C(C)C)CC1. The number of anilines is 2. The first-order chi connectivity index (χ1) is 15.9. The summed E-state index contributed by atoms with van der Waals surface area (Å²) in [5, 5.41) is 5.71. The van der Waals surface area contributed by atoms with Crippen LogP contribution in [0.25, 0.3) is 0 Å². The van der Waals surface area contributed by atoms with E-state index in [4.69, 9.17) is 4.74 Å². The molecule has 0 bridgehead atoms. The lowest BCUT2D eigenvalue weighted by molar-refractivity contribution is -0.134. The second-order valence-corrected chi connectivity index (χ2v) is 9.14. The maximum Gasteiger partial charge on any atom is 0.319 e. The van der Waals surface area contributed by atoms with Crippen LogP contribution < -0.4 is 20.3 Å². The Labute approximate surface area is 200 Å². The number of amides is 3. The smallest absolute Gasteiger partial charge is 0.319 e. The minimum atomic E-state index is -0.585. The van der Waals surface area contributed by atoms with Crippen molar-refractivity contribution in [2.75, 3.05) is 49.3 Å². The molecule has 1 fully saturated rings. The Morgan fingerprint density at radius 1 is 1.03 bits per heavy atom. The zero-order valence-electron chi connectivity index (χ0n) is 19.8. The molecule has 1 aliphatic rings. The van der Waals surface area contributed by atoms with Crippen LogP contribution >= 0.6 is 11.8 Å². The zero-order valence-corrected chi connectivity index (χ0v) is 20.7. The predicted molar refractivity (Wildman–Crippen MR) is 135 cm³/mol. The van der Waals surface area contributed by atoms with Gasteiger partial charge in [0, 0.05) is 36.8 Å². The number of benzene rings is 2. The van der Waals surface area contributed by atoms with Gasteiger partial charge in [0.05, 0.1) is 12.3 Å². The maximum atomic E-state index is 13.3. The van der Waals surface area contributed by atoms with Gasteiger partial charge >= 0.3 is 6.03 Å². The lowest BCUT2D eigenvalue weighted by Crippen LogP contribution is -2.57. The van der Waals surface area contributed by atoms with Crippen LogP contribution in [0.15, 0.2) is 53.4 Å². The molecule has 1 unspecified atom stereocenters. The molecule has 2 N–H and O–H groups in total. The van der Waals surface area contributed by atoms with E-state index < -0.39 is 6.04 Å². The third-order valence-electron chi connectivity index (χ3n) is 5.66. The van der Waals surface area contributed by atoms with Crippen molar-refractivity contribution in [3.8, 4) is 5.75 Å². The number of thioether (sulfide) groups is 1. The maximum absolute atomic E-state index is 13.3. The number of hydrogen-bond donors (Lipinski definition) is 2. The van der Waals surface area contributed by atoms with Gasteiger partial charge in [-0.15, -0.1) is 11.8 Å². The van der Waals surface area contributed by atoms with Crippen LogP contribution in [0.1, 0.15) is 20.8 Å². The van der Waals surface area contributed by atoms with Gasteiger partial charge in [-0.25, -0.2) is 4.79 Å². The van der Waals surface area contributed by atoms with Crippen molar-refractivity contribution in [2.24, 2.45) is 5.92 Å². The van der Waals surface area contributed by atoms with E-state index in [9.17, 15) is 9.59 Å². The first-order valence-corrected chi connectivity index (χ1v) is 12.6. The molecule has 1 heterocycles. The van der Waals surface area contributed by atoms with Crippen molar-refractivity contribution in [1.82, 2.24) is 10.2 Å². The summed E-state index contributed by atoms with van der Waals surface area (Å²) in [7, 11) is 0. The normalized spacial score (nSPS) is 14.7. The molecule has 2 aromatic rings. The predicted octanol–water partition coefficient (Wildman–Crippen LogP) is 4.30. The molecule has 2 aromatic carbocycles. The minimum absolute atomic E-state index is 0.0289. The standard InChI is InChI=1S/C25H34N4O3S/c1-5-32-22-9-7-6-8-21(22)28-14-16-29(17-15-28)24(30)23(18(2)3)27-25(31)26-19-10-12-20(33-4)13-11-19/h6-13,18,23H,5,14-17H2,1-4H3,(H2,26,27,31). The zero-order chi connectivity index (χ0) is 23.8. The molecular formula is C25H34N4O3S. The van der Waals surface area contributed by atoms with Gasteiger partial charge in [-0.2, -0.15) is 0 Å². The van der Waals surface area contributed by atoms with Crippen molar-refractivity contribution >= 4 is 35.1 Å². The monoisotopic (exact) mass is 470 g/mol. The molecule has 33 heavy (non-hydrogen) atoms. The summed E-state index contributed by atoms with van der Waals surface area (Å²) >= 11 is 1.64. The van der Waals surface area contributed by atoms with Crippen LogP contribution in [0.3, 0.4) is 0 Å². The summed E-state index contributed by atoms with van der Waals surface area (Å²) in [5.74, 6) is 0.790. The third-order valence-corrected chi connectivity index (χ3v) is 6.41. The largest absolute Gasteiger partial charge is 0.492 e. The molecule has 0 radical (unpaired) electrons. The highest BCUT2D eigenvalue weighted by Gasteiger charge is 2.31. The van der Waals surface area contributed by atoms with E-state index in [1.807, 2.05) is 74.4 Å². The summed E-state index contributed by atoms with van der Waals surface area (Å²) in [6.07, 6.45) is 2.01. The van der Waals surface area contributed by atoms with Gasteiger partial charge in [0.2, 0.25) is 5.91 Å². The van der Waals surface area contributed by atoms with E-state index in [0.717, 1.165) is 16.3 Å². The molecule has 0 aromatic heterocycles. The first kappa shape index (κ1) is 24.8. The number of ether oxygens (including phenoxy) is 1. The molecule has 0 saturated carbocycles. The summed E-state index contributed by atoms with van der Waals surface area (Å²) in [6.45, 7) is 9.12. The van der Waals surface area contributed by atoms with Gasteiger partial charge in [-0.05, 0) is 55.5 Å². The van der Waals surface area contributed by atoms with Crippen LogP contribution in [0.2, 0.25) is 0 Å². The Hall–Kier alpha value is -2.87. The van der Waals surface area contributed by atoms with Crippen molar-refractivity contribution < 1.29 is 14.3 Å². The van der Waals surface area contributed by atoms with E-state index in [-0.39, 0.29) is 17.9 Å². The van der Waals surface area contributed by atoms with Crippen molar-refractivity contribution in [1.29, 1.82) is 0 Å². The molecule has 178 valence electrons. The van der Waals surface area contributed by atoms with E-state index in [2.05, 4.69) is 21.6 Å². The molecule has 1 atom stereocenters. The minimum Gasteiger partial charge on any atom is -0.492 e. The number of carbonyl (C=O) groups excluding carboxylic acids is 2. The van der Waals surface area contributed by atoms with Crippen molar-refractivity contribution in [3.05, 3.63) is 48.5 Å². The molecule has 1 aliphatic heterocycles. The molecule has 0 spiro atoms. The van der Waals surface area contributed by atoms with Crippen LogP contribution in [-0.2, 0) is 4.79 Å². The summed E-state index contributed by atoms with van der Waals surface area (Å²) in [5.41, 5.74) is 1.75. The average Bonchev–Trinajstić information content (AvgIpc) is 2.83. The molecule has 8 heteroatoms. The van der Waals surface area contributed by atoms with Gasteiger partial charge in [0.15, 0.2) is 0 Å². The molecule has 0 aliphatic carbocycles. The second kappa shape index (κ2) is 11.8.